The van der Waals surface area contributed by atoms with Crippen molar-refractivity contribution in [2.45, 2.75) is 237 Å². The average Bonchev–Trinajstić information content (AvgIpc) is 3.07. The van der Waals surface area contributed by atoms with Crippen LogP contribution in [0.25, 0.3) is 0 Å². The second-order valence-electron chi connectivity index (χ2n) is 15.1. The van der Waals surface area contributed by atoms with E-state index in [1.807, 2.05) is 0 Å². The highest BCUT2D eigenvalue weighted by molar-refractivity contribution is 5.90. The van der Waals surface area contributed by atoms with Gasteiger partial charge in [0, 0.05) is 0 Å². The predicted molar refractivity (Wildman–Crippen MR) is 197 cm³/mol. The Balaban J connectivity index is 1.42. The quantitative estimate of drug-likeness (QED) is 0.0507. The van der Waals surface area contributed by atoms with Crippen LogP contribution < -0.4 is 0 Å². The monoisotopic (exact) mass is 663 g/mol. The number of hydrogen-bond acceptors (Lipinski definition) is 5. The van der Waals surface area contributed by atoms with Crippen molar-refractivity contribution in [3.05, 3.63) is 0 Å². The van der Waals surface area contributed by atoms with Crippen molar-refractivity contribution in [1.29, 1.82) is 0 Å². The van der Waals surface area contributed by atoms with E-state index in [4.69, 9.17) is 14.2 Å². The van der Waals surface area contributed by atoms with Gasteiger partial charge in [-0.3, -0.25) is 4.79 Å². The summed E-state index contributed by atoms with van der Waals surface area (Å²) >= 11 is 0. The van der Waals surface area contributed by atoms with E-state index in [1.165, 1.54) is 167 Å². The molecule has 3 rings (SSSR count). The predicted octanol–water partition coefficient (Wildman–Crippen LogP) is 12.8. The van der Waals surface area contributed by atoms with Gasteiger partial charge in [-0.15, -0.1) is 0 Å². The number of ether oxygens (including phenoxy) is 3. The van der Waals surface area contributed by atoms with Crippen LogP contribution in [0.1, 0.15) is 226 Å². The lowest BCUT2D eigenvalue weighted by Crippen LogP contribution is -2.70. The maximum absolute atomic E-state index is 13.1. The van der Waals surface area contributed by atoms with E-state index < -0.39 is 11.5 Å². The van der Waals surface area contributed by atoms with Crippen LogP contribution in [0.4, 0.5) is 0 Å². The summed E-state index contributed by atoms with van der Waals surface area (Å²) in [4.78, 5) is 26.1. The van der Waals surface area contributed by atoms with Crippen molar-refractivity contribution < 1.29 is 23.8 Å². The van der Waals surface area contributed by atoms with E-state index in [1.54, 1.807) is 0 Å². The Hall–Kier alpha value is -1.10. The molecule has 0 aromatic rings. The number of carbonyl (C=O) groups is 2. The maximum Gasteiger partial charge on any atom is 0.339 e. The van der Waals surface area contributed by atoms with Gasteiger partial charge in [-0.1, -0.05) is 194 Å². The first-order chi connectivity index (χ1) is 23.2. The Bertz CT molecular complexity index is 749. The minimum absolute atomic E-state index is 0.185. The van der Waals surface area contributed by atoms with E-state index in [0.29, 0.717) is 19.6 Å². The highest BCUT2D eigenvalue weighted by Gasteiger charge is 2.67. The minimum Gasteiger partial charge on any atom is -0.465 e. The van der Waals surface area contributed by atoms with Gasteiger partial charge in [-0.25, -0.2) is 4.79 Å². The van der Waals surface area contributed by atoms with Crippen molar-refractivity contribution in [1.82, 2.24) is 0 Å². The second kappa shape index (κ2) is 28.7. The highest BCUT2D eigenvalue weighted by Crippen LogP contribution is 2.50. The molecule has 276 valence electrons. The number of unbranched alkanes of at least 4 members (excludes halogenated alkanes) is 28. The van der Waals surface area contributed by atoms with Gasteiger partial charge >= 0.3 is 11.9 Å². The summed E-state index contributed by atoms with van der Waals surface area (Å²) in [6.45, 7) is 5.43. The summed E-state index contributed by atoms with van der Waals surface area (Å²) in [6, 6.07) is 0. The molecule has 0 radical (unpaired) electrons. The minimum atomic E-state index is -1.09. The zero-order chi connectivity index (χ0) is 33.7. The molecule has 1 aliphatic carbocycles. The summed E-state index contributed by atoms with van der Waals surface area (Å²) in [5.74, 6) is -1.08. The van der Waals surface area contributed by atoms with Crippen molar-refractivity contribution in [2.75, 3.05) is 13.2 Å². The Morgan fingerprint density at radius 1 is 0.511 bits per heavy atom. The molecule has 1 saturated carbocycles. The molecule has 2 saturated heterocycles. The molecule has 0 aromatic carbocycles. The van der Waals surface area contributed by atoms with Crippen molar-refractivity contribution in [2.24, 2.45) is 5.92 Å². The molecule has 5 nitrogen and oxygen atoms in total. The summed E-state index contributed by atoms with van der Waals surface area (Å²) < 4.78 is 17.4. The maximum atomic E-state index is 13.1. The summed E-state index contributed by atoms with van der Waals surface area (Å²) in [7, 11) is 0. The van der Waals surface area contributed by atoms with Gasteiger partial charge in [0.25, 0.3) is 0 Å². The lowest BCUT2D eigenvalue weighted by molar-refractivity contribution is -0.284. The summed E-state index contributed by atoms with van der Waals surface area (Å²) in [5.41, 5.74) is -1.09. The van der Waals surface area contributed by atoms with Crippen molar-refractivity contribution >= 4 is 11.9 Å². The molecule has 3 fully saturated rings. The molecule has 47 heavy (non-hydrogen) atoms. The Kier molecular flexibility index (Phi) is 25.7. The Morgan fingerprint density at radius 2 is 0.851 bits per heavy atom. The van der Waals surface area contributed by atoms with Gasteiger partial charge < -0.3 is 14.2 Å². The van der Waals surface area contributed by atoms with Crippen molar-refractivity contribution in [3.8, 4) is 0 Å². The SMILES string of the molecule is CCCCCCCCCCCCCCCCCOC(=O)C1C2CCCC1(C(=O)OCCCCCCCCCCCCCCCCC)O2. The second-order valence-corrected chi connectivity index (χ2v) is 15.1. The Morgan fingerprint density at radius 3 is 1.21 bits per heavy atom. The first kappa shape index (κ1) is 42.1. The standard InChI is InChI=1S/C42H78O5/c1-3-5-7-9-11-13-15-17-19-21-23-25-27-29-31-36-45-40(43)39-38-34-33-35-42(39,47-38)41(44)46-37-32-30-28-26-24-22-20-18-16-14-12-10-8-6-4-2/h38-39H,3-37H2,1-2H3. The molecule has 0 aromatic heterocycles. The third-order valence-corrected chi connectivity index (χ3v) is 10.8. The van der Waals surface area contributed by atoms with Gasteiger partial charge in [-0.05, 0) is 32.1 Å². The number of carbonyl (C=O) groups excluding carboxylic acids is 2. The lowest BCUT2D eigenvalue weighted by Gasteiger charge is -2.54. The zero-order valence-corrected chi connectivity index (χ0v) is 31.4. The number of hydrogen-bond donors (Lipinski definition) is 0. The largest absolute Gasteiger partial charge is 0.465 e. The fourth-order valence-corrected chi connectivity index (χ4v) is 7.76. The molecule has 0 amide bonds. The van der Waals surface area contributed by atoms with Crippen LogP contribution >= 0.6 is 0 Å². The van der Waals surface area contributed by atoms with Crippen LogP contribution in [-0.2, 0) is 23.8 Å². The van der Waals surface area contributed by atoms with Crippen LogP contribution in [0.15, 0.2) is 0 Å². The number of rotatable bonds is 34. The van der Waals surface area contributed by atoms with E-state index in [0.717, 1.165) is 38.5 Å². The van der Waals surface area contributed by atoms with E-state index in [9.17, 15) is 9.59 Å². The van der Waals surface area contributed by atoms with Gasteiger partial charge in [0.15, 0.2) is 5.60 Å². The summed E-state index contributed by atoms with van der Waals surface area (Å²) in [6.07, 6.45) is 41.5. The molecule has 2 heterocycles. The first-order valence-corrected chi connectivity index (χ1v) is 21.2. The van der Waals surface area contributed by atoms with E-state index >= 15 is 0 Å². The molecule has 3 unspecified atom stereocenters. The normalized spacial score (nSPS) is 20.2. The van der Waals surface area contributed by atoms with Crippen LogP contribution in [0, 0.1) is 5.92 Å². The van der Waals surface area contributed by atoms with Crippen LogP contribution in [-0.4, -0.2) is 36.9 Å². The first-order valence-electron chi connectivity index (χ1n) is 21.2. The van der Waals surface area contributed by atoms with Gasteiger partial charge in [0.1, 0.15) is 5.92 Å². The Labute approximate surface area is 291 Å². The third-order valence-electron chi connectivity index (χ3n) is 10.8. The fraction of sp³-hybridized carbons (Fsp3) is 0.952. The van der Waals surface area contributed by atoms with E-state index in [-0.39, 0.29) is 18.0 Å². The van der Waals surface area contributed by atoms with E-state index in [2.05, 4.69) is 13.8 Å². The number of fused-ring (bicyclic) bond motifs is 2. The molecule has 0 spiro atoms. The molecular weight excluding hydrogens is 584 g/mol. The highest BCUT2D eigenvalue weighted by atomic mass is 16.6. The summed E-state index contributed by atoms with van der Waals surface area (Å²) in [5, 5.41) is 0. The molecule has 2 aliphatic heterocycles. The molecular formula is C42H78O5. The smallest absolute Gasteiger partial charge is 0.339 e. The van der Waals surface area contributed by atoms with Gasteiger partial charge in [0.05, 0.1) is 19.3 Å². The molecule has 3 atom stereocenters. The molecule has 0 N–H and O–H groups in total. The van der Waals surface area contributed by atoms with Gasteiger partial charge in [0.2, 0.25) is 0 Å². The number of esters is 2. The average molecular weight is 663 g/mol. The fourth-order valence-electron chi connectivity index (χ4n) is 7.76. The molecule has 2 bridgehead atoms. The van der Waals surface area contributed by atoms with Gasteiger partial charge in [-0.2, -0.15) is 0 Å². The van der Waals surface area contributed by atoms with Crippen LogP contribution in [0.3, 0.4) is 0 Å². The van der Waals surface area contributed by atoms with Crippen LogP contribution in [0.5, 0.6) is 0 Å². The third kappa shape index (κ3) is 18.5. The van der Waals surface area contributed by atoms with Crippen molar-refractivity contribution in [3.63, 3.8) is 0 Å². The molecule has 5 heteroatoms. The topological polar surface area (TPSA) is 61.8 Å². The zero-order valence-electron chi connectivity index (χ0n) is 31.4. The molecule has 3 aliphatic rings. The van der Waals surface area contributed by atoms with Crippen LogP contribution in [0.2, 0.25) is 0 Å². The lowest BCUT2D eigenvalue weighted by atomic mass is 9.67.